The second-order valence-corrected chi connectivity index (χ2v) is 9.97. The normalized spacial score (nSPS) is 16.7. The van der Waals surface area contributed by atoms with Crippen LogP contribution in [0.15, 0.2) is 83.4 Å². The van der Waals surface area contributed by atoms with Crippen LogP contribution in [0, 0.1) is 25.2 Å². The number of hydrogen-bond acceptors (Lipinski definition) is 4. The molecule has 1 heterocycles. The molecule has 7 heteroatoms. The SMILES string of the molecule is Cc1ccc(N2C(=O)C(Cc3ccc(Cl)cc3)S/C2=C(/C#N)C(=O)NCc2ccccc2)cc1C. The van der Waals surface area contributed by atoms with E-state index >= 15 is 0 Å². The fourth-order valence-corrected chi connectivity index (χ4v) is 5.22. The summed E-state index contributed by atoms with van der Waals surface area (Å²) in [6.07, 6.45) is 0.454. The van der Waals surface area contributed by atoms with Crippen molar-refractivity contribution in [2.45, 2.75) is 32.1 Å². The molecule has 1 aliphatic heterocycles. The van der Waals surface area contributed by atoms with Crippen molar-refractivity contribution in [2.75, 3.05) is 4.90 Å². The number of carbonyl (C=O) groups excluding carboxylic acids is 2. The Morgan fingerprint density at radius 3 is 2.40 bits per heavy atom. The van der Waals surface area contributed by atoms with E-state index in [-0.39, 0.29) is 18.0 Å². The van der Waals surface area contributed by atoms with Crippen LogP contribution in [-0.2, 0) is 22.6 Å². The molecule has 1 saturated heterocycles. The first-order valence-electron chi connectivity index (χ1n) is 11.2. The number of nitrogens with one attached hydrogen (secondary N) is 1. The van der Waals surface area contributed by atoms with Gasteiger partial charge in [0.15, 0.2) is 0 Å². The highest BCUT2D eigenvalue weighted by Crippen LogP contribution is 2.42. The van der Waals surface area contributed by atoms with Gasteiger partial charge in [-0.05, 0) is 66.8 Å². The van der Waals surface area contributed by atoms with E-state index in [9.17, 15) is 14.9 Å². The highest BCUT2D eigenvalue weighted by molar-refractivity contribution is 8.05. The van der Waals surface area contributed by atoms with Crippen LogP contribution in [0.4, 0.5) is 5.69 Å². The molecule has 1 atom stereocenters. The van der Waals surface area contributed by atoms with Gasteiger partial charge in [0.25, 0.3) is 5.91 Å². The molecule has 0 aliphatic carbocycles. The Balaban J connectivity index is 1.69. The second kappa shape index (κ2) is 10.8. The number of amides is 2. The van der Waals surface area contributed by atoms with Crippen molar-refractivity contribution in [3.63, 3.8) is 0 Å². The van der Waals surface area contributed by atoms with Crippen molar-refractivity contribution >= 4 is 40.9 Å². The van der Waals surface area contributed by atoms with Gasteiger partial charge in [0.1, 0.15) is 16.7 Å². The zero-order valence-electron chi connectivity index (χ0n) is 19.4. The Labute approximate surface area is 214 Å². The molecule has 3 aromatic carbocycles. The van der Waals surface area contributed by atoms with Crippen LogP contribution in [0.1, 0.15) is 22.3 Å². The Morgan fingerprint density at radius 1 is 1.03 bits per heavy atom. The van der Waals surface area contributed by atoms with E-state index in [4.69, 9.17) is 11.6 Å². The summed E-state index contributed by atoms with van der Waals surface area (Å²) in [6, 6.07) is 24.6. The molecule has 1 N–H and O–H groups in total. The highest BCUT2D eigenvalue weighted by atomic mass is 35.5. The lowest BCUT2D eigenvalue weighted by molar-refractivity contribution is -0.117. The van der Waals surface area contributed by atoms with Crippen LogP contribution in [0.2, 0.25) is 5.02 Å². The number of carbonyl (C=O) groups is 2. The van der Waals surface area contributed by atoms with E-state index in [1.807, 2.05) is 74.5 Å². The number of nitrogens with zero attached hydrogens (tertiary/aromatic N) is 2. The summed E-state index contributed by atoms with van der Waals surface area (Å²) in [6.45, 7) is 4.25. The molecule has 176 valence electrons. The largest absolute Gasteiger partial charge is 0.347 e. The number of aryl methyl sites for hydroxylation is 2. The van der Waals surface area contributed by atoms with Gasteiger partial charge in [0, 0.05) is 17.3 Å². The summed E-state index contributed by atoms with van der Waals surface area (Å²) < 4.78 is 0. The Morgan fingerprint density at radius 2 is 1.74 bits per heavy atom. The molecule has 1 aliphatic rings. The standard InChI is InChI=1S/C28H24ClN3O2S/c1-18-8-13-23(14-19(18)2)32-27(34)25(15-20-9-11-22(29)12-10-20)35-28(32)24(16-30)26(33)31-17-21-6-4-3-5-7-21/h3-14,25H,15,17H2,1-2H3,(H,31,33)/b28-24-. The Bertz CT molecular complexity index is 1330. The minimum absolute atomic E-state index is 0.0730. The molecule has 0 aromatic heterocycles. The first-order valence-corrected chi connectivity index (χ1v) is 12.4. The zero-order valence-corrected chi connectivity index (χ0v) is 21.0. The number of benzene rings is 3. The lowest BCUT2D eigenvalue weighted by atomic mass is 10.1. The first kappa shape index (κ1) is 24.6. The lowest BCUT2D eigenvalue weighted by Gasteiger charge is -2.20. The highest BCUT2D eigenvalue weighted by Gasteiger charge is 2.40. The van der Waals surface area contributed by atoms with E-state index in [1.165, 1.54) is 16.7 Å². The summed E-state index contributed by atoms with van der Waals surface area (Å²) in [7, 11) is 0. The summed E-state index contributed by atoms with van der Waals surface area (Å²) in [5.74, 6) is -0.667. The predicted molar refractivity (Wildman–Crippen MR) is 141 cm³/mol. The van der Waals surface area contributed by atoms with Gasteiger partial charge < -0.3 is 5.32 Å². The number of anilines is 1. The minimum Gasteiger partial charge on any atom is -0.347 e. The molecule has 4 rings (SSSR count). The van der Waals surface area contributed by atoms with Crippen LogP contribution in [0.5, 0.6) is 0 Å². The van der Waals surface area contributed by atoms with Crippen molar-refractivity contribution in [3.8, 4) is 6.07 Å². The average Bonchev–Trinajstić information content (AvgIpc) is 3.17. The van der Waals surface area contributed by atoms with Crippen LogP contribution in [0.3, 0.4) is 0 Å². The van der Waals surface area contributed by atoms with Crippen molar-refractivity contribution in [2.24, 2.45) is 0 Å². The molecule has 3 aromatic rings. The van der Waals surface area contributed by atoms with Crippen molar-refractivity contribution < 1.29 is 9.59 Å². The van der Waals surface area contributed by atoms with Crippen LogP contribution in [-0.4, -0.2) is 17.1 Å². The van der Waals surface area contributed by atoms with Gasteiger partial charge >= 0.3 is 0 Å². The summed E-state index contributed by atoms with van der Waals surface area (Å²) >= 11 is 7.26. The minimum atomic E-state index is -0.507. The van der Waals surface area contributed by atoms with Gasteiger partial charge in [-0.2, -0.15) is 5.26 Å². The van der Waals surface area contributed by atoms with E-state index < -0.39 is 11.2 Å². The number of halogens is 1. The molecule has 0 bridgehead atoms. The molecule has 1 fully saturated rings. The topological polar surface area (TPSA) is 73.2 Å². The maximum Gasteiger partial charge on any atom is 0.264 e. The van der Waals surface area contributed by atoms with Crippen molar-refractivity contribution in [1.29, 1.82) is 5.26 Å². The number of hydrogen-bond donors (Lipinski definition) is 1. The van der Waals surface area contributed by atoms with Gasteiger partial charge in [-0.1, -0.05) is 71.9 Å². The molecular weight excluding hydrogens is 478 g/mol. The molecule has 0 saturated carbocycles. The summed E-state index contributed by atoms with van der Waals surface area (Å²) in [5.41, 5.74) is 4.56. The molecule has 0 radical (unpaired) electrons. The fourth-order valence-electron chi connectivity index (χ4n) is 3.79. The third-order valence-corrected chi connectivity index (χ3v) is 7.40. The second-order valence-electron chi connectivity index (χ2n) is 8.34. The molecule has 5 nitrogen and oxygen atoms in total. The molecular formula is C28H24ClN3O2S. The Hall–Kier alpha value is -3.53. The van der Waals surface area contributed by atoms with Gasteiger partial charge in [-0.25, -0.2) is 0 Å². The van der Waals surface area contributed by atoms with E-state index in [2.05, 4.69) is 11.4 Å². The van der Waals surface area contributed by atoms with Crippen molar-refractivity contribution in [3.05, 3.63) is 111 Å². The summed E-state index contributed by atoms with van der Waals surface area (Å²) in [5, 5.41) is 13.3. The molecule has 1 unspecified atom stereocenters. The zero-order chi connectivity index (χ0) is 24.9. The van der Waals surface area contributed by atoms with Gasteiger partial charge in [0.2, 0.25) is 5.91 Å². The number of nitriles is 1. The maximum absolute atomic E-state index is 13.6. The third-order valence-electron chi connectivity index (χ3n) is 5.88. The van der Waals surface area contributed by atoms with Gasteiger partial charge in [0.05, 0.1) is 5.25 Å². The Kier molecular flexibility index (Phi) is 7.60. The van der Waals surface area contributed by atoms with Crippen molar-refractivity contribution in [1.82, 2.24) is 5.32 Å². The smallest absolute Gasteiger partial charge is 0.264 e. The lowest BCUT2D eigenvalue weighted by Crippen LogP contribution is -2.32. The third kappa shape index (κ3) is 5.59. The van der Waals surface area contributed by atoms with E-state index in [0.29, 0.717) is 22.2 Å². The van der Waals surface area contributed by atoms with E-state index in [0.717, 1.165) is 22.3 Å². The monoisotopic (exact) mass is 501 g/mol. The van der Waals surface area contributed by atoms with E-state index in [1.54, 1.807) is 12.1 Å². The van der Waals surface area contributed by atoms with Gasteiger partial charge in [-0.15, -0.1) is 0 Å². The number of thioether (sulfide) groups is 1. The van der Waals surface area contributed by atoms with Crippen LogP contribution in [0.25, 0.3) is 0 Å². The van der Waals surface area contributed by atoms with Gasteiger partial charge in [-0.3, -0.25) is 14.5 Å². The maximum atomic E-state index is 13.6. The van der Waals surface area contributed by atoms with Crippen LogP contribution < -0.4 is 10.2 Å². The summed E-state index contributed by atoms with van der Waals surface area (Å²) in [4.78, 5) is 28.2. The predicted octanol–water partition coefficient (Wildman–Crippen LogP) is 5.70. The average molecular weight is 502 g/mol. The first-order chi connectivity index (χ1) is 16.9. The molecule has 35 heavy (non-hydrogen) atoms. The van der Waals surface area contributed by atoms with Crippen LogP contribution >= 0.6 is 23.4 Å². The quantitative estimate of drug-likeness (QED) is 0.347. The molecule has 2 amide bonds. The number of rotatable bonds is 6. The fraction of sp³-hybridized carbons (Fsp3) is 0.179. The molecule has 0 spiro atoms.